The summed E-state index contributed by atoms with van der Waals surface area (Å²) in [5.41, 5.74) is -0.509. The number of benzene rings is 1. The fourth-order valence-corrected chi connectivity index (χ4v) is 2.46. The van der Waals surface area contributed by atoms with Crippen molar-refractivity contribution in [1.29, 1.82) is 5.26 Å². The minimum Gasteiger partial charge on any atom is -0.385 e. The average Bonchev–Trinajstić information content (AvgIpc) is 2.72. The molecule has 19 heavy (non-hydrogen) atoms. The summed E-state index contributed by atoms with van der Waals surface area (Å²) in [7, 11) is 0. The molecule has 2 N–H and O–H groups in total. The summed E-state index contributed by atoms with van der Waals surface area (Å²) in [6.45, 7) is 2.49. The smallest absolute Gasteiger partial charge is 0.161 e. The Kier molecular flexibility index (Phi) is 4.09. The van der Waals surface area contributed by atoms with Crippen molar-refractivity contribution in [3.05, 3.63) is 28.0 Å². The summed E-state index contributed by atoms with van der Waals surface area (Å²) in [6, 6.07) is 4.90. The Hall–Kier alpha value is -1.16. The molecule has 0 aromatic heterocycles. The van der Waals surface area contributed by atoms with Gasteiger partial charge in [-0.2, -0.15) is 5.26 Å². The van der Waals surface area contributed by atoms with E-state index in [-0.39, 0.29) is 28.4 Å². The molecule has 1 heterocycles. The third-order valence-corrected chi connectivity index (χ3v) is 4.22. The first-order chi connectivity index (χ1) is 8.98. The number of rotatable bonds is 3. The van der Waals surface area contributed by atoms with E-state index < -0.39 is 11.4 Å². The van der Waals surface area contributed by atoms with Crippen molar-refractivity contribution < 1.29 is 14.2 Å². The van der Waals surface area contributed by atoms with Crippen LogP contribution in [0.15, 0.2) is 16.6 Å². The molecule has 1 fully saturated rings. The molecule has 0 spiro atoms. The first kappa shape index (κ1) is 14.3. The van der Waals surface area contributed by atoms with Gasteiger partial charge in [0.2, 0.25) is 0 Å². The van der Waals surface area contributed by atoms with Gasteiger partial charge in [-0.3, -0.25) is 0 Å². The van der Waals surface area contributed by atoms with Crippen molar-refractivity contribution in [3.8, 4) is 6.07 Å². The summed E-state index contributed by atoms with van der Waals surface area (Å²) < 4.78 is 19.4. The molecule has 102 valence electrons. The van der Waals surface area contributed by atoms with Crippen molar-refractivity contribution >= 4 is 21.6 Å². The van der Waals surface area contributed by atoms with E-state index in [9.17, 15) is 9.50 Å². The zero-order chi connectivity index (χ0) is 14.0. The van der Waals surface area contributed by atoms with Crippen molar-refractivity contribution in [2.45, 2.75) is 25.0 Å². The molecular weight excluding hydrogens is 315 g/mol. The lowest BCUT2D eigenvalue weighted by Crippen LogP contribution is -2.43. The van der Waals surface area contributed by atoms with Gasteiger partial charge in [0.25, 0.3) is 0 Å². The Balaban J connectivity index is 2.13. The van der Waals surface area contributed by atoms with Crippen LogP contribution >= 0.6 is 15.9 Å². The lowest BCUT2D eigenvalue weighted by atomic mass is 9.96. The van der Waals surface area contributed by atoms with Crippen LogP contribution in [-0.2, 0) is 4.74 Å². The number of hydrogen-bond donors (Lipinski definition) is 2. The van der Waals surface area contributed by atoms with Gasteiger partial charge in [-0.15, -0.1) is 0 Å². The van der Waals surface area contributed by atoms with Crippen LogP contribution in [-0.4, -0.2) is 30.0 Å². The summed E-state index contributed by atoms with van der Waals surface area (Å²) in [4.78, 5) is 0. The number of ether oxygens (including phenoxy) is 1. The molecule has 6 heteroatoms. The van der Waals surface area contributed by atoms with Gasteiger partial charge in [0.05, 0.1) is 21.8 Å². The van der Waals surface area contributed by atoms with Crippen LogP contribution in [0.5, 0.6) is 0 Å². The van der Waals surface area contributed by atoms with Crippen LogP contribution in [0.4, 0.5) is 10.1 Å². The van der Waals surface area contributed by atoms with Crippen LogP contribution in [0.1, 0.15) is 18.9 Å². The van der Waals surface area contributed by atoms with Gasteiger partial charge < -0.3 is 15.2 Å². The molecular formula is C13H14BrFN2O2. The van der Waals surface area contributed by atoms with Crippen LogP contribution in [0.2, 0.25) is 0 Å². The molecule has 0 aliphatic carbocycles. The van der Waals surface area contributed by atoms with Gasteiger partial charge >= 0.3 is 0 Å². The van der Waals surface area contributed by atoms with E-state index >= 15 is 0 Å². The monoisotopic (exact) mass is 328 g/mol. The van der Waals surface area contributed by atoms with Gasteiger partial charge in [-0.1, -0.05) is 0 Å². The van der Waals surface area contributed by atoms with Gasteiger partial charge in [0.1, 0.15) is 11.7 Å². The maximum Gasteiger partial charge on any atom is 0.161 e. The standard InChI is InChI=1S/C13H14BrFN2O2/c1-8-13(18,4-5-19-8)7-17-10-3-2-9(6-16)11(14)12(10)15/h2-3,8,17-18H,4-5,7H2,1H3. The maximum atomic E-state index is 14.0. The molecule has 1 aliphatic rings. The Morgan fingerprint density at radius 1 is 1.68 bits per heavy atom. The van der Waals surface area contributed by atoms with E-state index in [1.165, 1.54) is 12.1 Å². The van der Waals surface area contributed by atoms with E-state index in [1.807, 2.05) is 6.07 Å². The predicted octanol–water partition coefficient (Wildman–Crippen LogP) is 2.41. The second-order valence-electron chi connectivity index (χ2n) is 4.62. The van der Waals surface area contributed by atoms with Gasteiger partial charge in [-0.25, -0.2) is 4.39 Å². The lowest BCUT2D eigenvalue weighted by molar-refractivity contribution is -0.0176. The molecule has 1 aliphatic heterocycles. The number of nitrogens with zero attached hydrogens (tertiary/aromatic N) is 1. The fourth-order valence-electron chi connectivity index (χ4n) is 2.02. The fraction of sp³-hybridized carbons (Fsp3) is 0.462. The highest BCUT2D eigenvalue weighted by Gasteiger charge is 2.39. The highest BCUT2D eigenvalue weighted by atomic mass is 79.9. The minimum atomic E-state index is -0.993. The van der Waals surface area contributed by atoms with E-state index in [4.69, 9.17) is 10.00 Å². The zero-order valence-electron chi connectivity index (χ0n) is 10.4. The first-order valence-electron chi connectivity index (χ1n) is 5.94. The van der Waals surface area contributed by atoms with E-state index in [0.29, 0.717) is 13.0 Å². The topological polar surface area (TPSA) is 65.3 Å². The maximum absolute atomic E-state index is 14.0. The molecule has 2 rings (SSSR count). The van der Waals surface area contributed by atoms with Crippen molar-refractivity contribution in [3.63, 3.8) is 0 Å². The number of halogens is 2. The highest BCUT2D eigenvalue weighted by molar-refractivity contribution is 9.10. The zero-order valence-corrected chi connectivity index (χ0v) is 12.0. The Morgan fingerprint density at radius 2 is 2.42 bits per heavy atom. The number of nitrogens with one attached hydrogen (secondary N) is 1. The molecule has 0 amide bonds. The molecule has 2 atom stereocenters. The molecule has 4 nitrogen and oxygen atoms in total. The summed E-state index contributed by atoms with van der Waals surface area (Å²) in [6.07, 6.45) is 0.227. The quantitative estimate of drug-likeness (QED) is 0.894. The van der Waals surface area contributed by atoms with E-state index in [2.05, 4.69) is 21.2 Å². The minimum absolute atomic E-state index is 0.128. The van der Waals surface area contributed by atoms with Gasteiger partial charge in [-0.05, 0) is 35.0 Å². The molecule has 1 aromatic rings. The van der Waals surface area contributed by atoms with Crippen LogP contribution in [0.3, 0.4) is 0 Å². The summed E-state index contributed by atoms with van der Waals surface area (Å²) in [5, 5.41) is 22.0. The van der Waals surface area contributed by atoms with E-state index in [1.54, 1.807) is 6.92 Å². The van der Waals surface area contributed by atoms with Crippen LogP contribution < -0.4 is 5.32 Å². The van der Waals surface area contributed by atoms with Crippen molar-refractivity contribution in [1.82, 2.24) is 0 Å². The van der Waals surface area contributed by atoms with Crippen molar-refractivity contribution in [2.75, 3.05) is 18.5 Å². The molecule has 1 saturated heterocycles. The number of aliphatic hydroxyl groups is 1. The SMILES string of the molecule is CC1OCCC1(O)CNc1ccc(C#N)c(Br)c1F. The molecule has 2 unspecified atom stereocenters. The normalized spacial score (nSPS) is 26.2. The number of anilines is 1. The molecule has 0 bridgehead atoms. The Bertz CT molecular complexity index is 532. The Morgan fingerprint density at radius 3 is 3.00 bits per heavy atom. The Labute approximate surface area is 119 Å². The van der Waals surface area contributed by atoms with Crippen molar-refractivity contribution in [2.24, 2.45) is 0 Å². The third kappa shape index (κ3) is 2.73. The second kappa shape index (κ2) is 5.45. The molecule has 1 aromatic carbocycles. The van der Waals surface area contributed by atoms with Crippen LogP contribution in [0.25, 0.3) is 0 Å². The lowest BCUT2D eigenvalue weighted by Gasteiger charge is -2.26. The molecule has 0 radical (unpaired) electrons. The largest absolute Gasteiger partial charge is 0.385 e. The molecule has 0 saturated carbocycles. The highest BCUT2D eigenvalue weighted by Crippen LogP contribution is 2.29. The van der Waals surface area contributed by atoms with Gasteiger partial charge in [0, 0.05) is 19.6 Å². The number of nitriles is 1. The summed E-state index contributed by atoms with van der Waals surface area (Å²) >= 11 is 3.05. The third-order valence-electron chi connectivity index (χ3n) is 3.45. The predicted molar refractivity (Wildman–Crippen MR) is 72.3 cm³/mol. The number of hydrogen-bond acceptors (Lipinski definition) is 4. The second-order valence-corrected chi connectivity index (χ2v) is 5.41. The first-order valence-corrected chi connectivity index (χ1v) is 6.73. The van der Waals surface area contributed by atoms with Crippen LogP contribution in [0, 0.1) is 17.1 Å². The van der Waals surface area contributed by atoms with E-state index in [0.717, 1.165) is 0 Å². The average molecular weight is 329 g/mol. The van der Waals surface area contributed by atoms with Gasteiger partial charge in [0.15, 0.2) is 5.82 Å². The summed E-state index contributed by atoms with van der Waals surface area (Å²) in [5.74, 6) is -0.533.